The Labute approximate surface area is 348 Å². The number of aromatic hydroxyl groups is 1. The number of phenolic OH excluding ortho intramolecular Hbond substituents is 1. The third-order valence-corrected chi connectivity index (χ3v) is 13.2. The molecule has 0 heterocycles. The van der Waals surface area contributed by atoms with Crippen molar-refractivity contribution in [2.75, 3.05) is 28.4 Å². The minimum Gasteiger partial charge on any atom is -0.505 e. The van der Waals surface area contributed by atoms with Crippen molar-refractivity contribution in [2.45, 2.75) is 23.6 Å². The van der Waals surface area contributed by atoms with E-state index in [2.05, 4.69) is 20.5 Å². The second-order valence-electron chi connectivity index (χ2n) is 13.6. The molecule has 60 heavy (non-hydrogen) atoms. The van der Waals surface area contributed by atoms with Gasteiger partial charge in [-0.2, -0.15) is 22.9 Å². The van der Waals surface area contributed by atoms with Gasteiger partial charge in [-0.15, -0.1) is 10.2 Å². The average molecular weight is 864 g/mol. The molecule has 7 aromatic carbocycles. The molecule has 0 aliphatic carbocycles. The first-order valence-electron chi connectivity index (χ1n) is 18.0. The highest BCUT2D eigenvalue weighted by Gasteiger charge is 2.26. The Bertz CT molecular complexity index is 3080. The zero-order valence-corrected chi connectivity index (χ0v) is 34.9. The van der Waals surface area contributed by atoms with Crippen LogP contribution >= 0.6 is 0 Å². The van der Waals surface area contributed by atoms with E-state index in [-0.39, 0.29) is 32.7 Å². The number of phenols is 1. The van der Waals surface area contributed by atoms with Crippen molar-refractivity contribution >= 4 is 92.8 Å². The average Bonchev–Trinajstić information content (AvgIpc) is 3.22. The van der Waals surface area contributed by atoms with E-state index < -0.39 is 47.7 Å². The van der Waals surface area contributed by atoms with E-state index in [4.69, 9.17) is 9.92 Å². The van der Waals surface area contributed by atoms with Crippen LogP contribution in [0.15, 0.2) is 158 Å². The maximum atomic E-state index is 13.6. The fraction of sp³-hybridized carbons (Fsp3) is 0.0952. The molecule has 0 amide bonds. The number of nitrogen functional groups attached to an aromatic ring is 1. The van der Waals surface area contributed by atoms with Gasteiger partial charge in [0.15, 0.2) is 5.75 Å². The van der Waals surface area contributed by atoms with E-state index in [1.165, 1.54) is 46.0 Å². The molecule has 0 aliphatic rings. The SMILES string of the molecule is Cc1ccc(N(C)S(=O)Oc2ccc(N=Nc3c(C)cc4cc(S(=O)(=O)O)c(N=Nc5ccc(S(=O)(=O)N(C)c6cccc7ccccc67)cc5)c(O)c4c3N)cc2)cc1. The molecule has 18 heteroatoms. The molecule has 0 fully saturated rings. The lowest BCUT2D eigenvalue weighted by Gasteiger charge is -2.21. The largest absolute Gasteiger partial charge is 0.505 e. The molecule has 0 saturated carbocycles. The van der Waals surface area contributed by atoms with Crippen molar-refractivity contribution in [1.82, 2.24) is 0 Å². The molecule has 306 valence electrons. The lowest BCUT2D eigenvalue weighted by Crippen LogP contribution is -2.26. The summed E-state index contributed by atoms with van der Waals surface area (Å²) in [5, 5.41) is 29.8. The van der Waals surface area contributed by atoms with E-state index in [1.54, 1.807) is 50.4 Å². The fourth-order valence-electron chi connectivity index (χ4n) is 6.33. The number of nitrogens with two attached hydrogens (primary N) is 1. The molecule has 0 bridgehead atoms. The van der Waals surface area contributed by atoms with Crippen LogP contribution in [-0.4, -0.2) is 44.8 Å². The summed E-state index contributed by atoms with van der Waals surface area (Å²) in [7, 11) is -5.87. The van der Waals surface area contributed by atoms with Crippen LogP contribution in [-0.2, 0) is 31.4 Å². The molecule has 4 N–H and O–H groups in total. The number of hydrogen-bond donors (Lipinski definition) is 3. The Kier molecular flexibility index (Phi) is 11.4. The van der Waals surface area contributed by atoms with Crippen LogP contribution < -0.4 is 18.5 Å². The first kappa shape index (κ1) is 41.4. The topological polar surface area (TPSA) is 217 Å². The van der Waals surface area contributed by atoms with Gasteiger partial charge < -0.3 is 15.0 Å². The summed E-state index contributed by atoms with van der Waals surface area (Å²) in [4.78, 5) is -0.787. The van der Waals surface area contributed by atoms with Crippen LogP contribution in [0.5, 0.6) is 11.5 Å². The zero-order chi connectivity index (χ0) is 42.9. The highest BCUT2D eigenvalue weighted by Crippen LogP contribution is 2.47. The minimum absolute atomic E-state index is 0.0299. The Hall–Kier alpha value is -6.73. The van der Waals surface area contributed by atoms with Crippen molar-refractivity contribution in [1.29, 1.82) is 0 Å². The molecule has 15 nitrogen and oxygen atoms in total. The first-order valence-corrected chi connectivity index (χ1v) is 21.9. The van der Waals surface area contributed by atoms with Gasteiger partial charge in [-0.05, 0) is 109 Å². The molecule has 0 spiro atoms. The summed E-state index contributed by atoms with van der Waals surface area (Å²) in [6.07, 6.45) is 0. The molecular weight excluding hydrogens is 827 g/mol. The standard InChI is InChI=1S/C42H37N7O8S3/c1-26-12-18-32(19-13-26)48(3)58(51)57-33-20-14-30(15-21-33)44-46-40-27(2)24-29-25-37(60(54,55)56)41(42(50)38(29)39(40)43)47-45-31-16-22-34(23-17-31)59(52,53)49(4)36-11-7-9-28-8-5-6-10-35(28)36/h5-25,50H,43H2,1-4H3,(H,54,55,56). The molecule has 0 radical (unpaired) electrons. The fourth-order valence-corrected chi connectivity index (χ4v) is 8.88. The van der Waals surface area contributed by atoms with Gasteiger partial charge in [0.2, 0.25) is 0 Å². The monoisotopic (exact) mass is 863 g/mol. The summed E-state index contributed by atoms with van der Waals surface area (Å²) in [6, 6.07) is 34.6. The predicted octanol–water partition coefficient (Wildman–Crippen LogP) is 9.89. The Balaban J connectivity index is 1.14. The molecule has 0 aliphatic heterocycles. The number of rotatable bonds is 12. The molecule has 1 unspecified atom stereocenters. The summed E-state index contributed by atoms with van der Waals surface area (Å²) in [5.74, 6) is -0.391. The number of benzene rings is 7. The molecule has 7 aromatic rings. The predicted molar refractivity (Wildman–Crippen MR) is 234 cm³/mol. The smallest absolute Gasteiger partial charge is 0.318 e. The van der Waals surface area contributed by atoms with Gasteiger partial charge >= 0.3 is 11.3 Å². The summed E-state index contributed by atoms with van der Waals surface area (Å²) in [5.41, 5.74) is 9.23. The van der Waals surface area contributed by atoms with Gasteiger partial charge in [-0.1, -0.05) is 54.1 Å². The first-order chi connectivity index (χ1) is 28.5. The normalized spacial score (nSPS) is 12.7. The number of fused-ring (bicyclic) bond motifs is 2. The van der Waals surface area contributed by atoms with E-state index in [1.807, 2.05) is 61.5 Å². The highest BCUT2D eigenvalue weighted by atomic mass is 32.2. The number of sulfonamides is 1. The van der Waals surface area contributed by atoms with Crippen LogP contribution in [0.2, 0.25) is 0 Å². The van der Waals surface area contributed by atoms with Crippen LogP contribution in [0.25, 0.3) is 21.5 Å². The third kappa shape index (κ3) is 8.39. The summed E-state index contributed by atoms with van der Waals surface area (Å²) < 4.78 is 83.6. The summed E-state index contributed by atoms with van der Waals surface area (Å²) >= 11 is -1.83. The number of anilines is 3. The number of azo groups is 2. The van der Waals surface area contributed by atoms with E-state index in [0.29, 0.717) is 28.4 Å². The number of hydrogen-bond acceptors (Lipinski definition) is 12. The molecular formula is C42H37N7O8S3. The Morgan fingerprint density at radius 2 is 1.30 bits per heavy atom. The second kappa shape index (κ2) is 16.5. The van der Waals surface area contributed by atoms with Gasteiger partial charge in [0, 0.05) is 19.5 Å². The van der Waals surface area contributed by atoms with Gasteiger partial charge in [-0.25, -0.2) is 8.42 Å². The molecule has 7 rings (SSSR count). The van der Waals surface area contributed by atoms with Gasteiger partial charge in [-0.3, -0.25) is 13.2 Å². The maximum Gasteiger partial charge on any atom is 0.318 e. The van der Waals surface area contributed by atoms with Crippen LogP contribution in [0.1, 0.15) is 11.1 Å². The van der Waals surface area contributed by atoms with Crippen LogP contribution in [0, 0.1) is 13.8 Å². The molecule has 1 atom stereocenters. The van der Waals surface area contributed by atoms with Gasteiger partial charge in [0.1, 0.15) is 22.0 Å². The van der Waals surface area contributed by atoms with Crippen molar-refractivity contribution in [2.24, 2.45) is 20.5 Å². The van der Waals surface area contributed by atoms with Crippen molar-refractivity contribution in [3.8, 4) is 11.5 Å². The van der Waals surface area contributed by atoms with Crippen molar-refractivity contribution in [3.05, 3.63) is 139 Å². The van der Waals surface area contributed by atoms with E-state index >= 15 is 0 Å². The second-order valence-corrected chi connectivity index (χ2v) is 18.1. The van der Waals surface area contributed by atoms with Crippen LogP contribution in [0.3, 0.4) is 0 Å². The quantitative estimate of drug-likeness (QED) is 0.0604. The highest BCUT2D eigenvalue weighted by molar-refractivity contribution is 7.92. The third-order valence-electron chi connectivity index (χ3n) is 9.58. The Morgan fingerprint density at radius 1 is 0.700 bits per heavy atom. The van der Waals surface area contributed by atoms with E-state index in [0.717, 1.165) is 22.4 Å². The molecule has 0 aromatic heterocycles. The van der Waals surface area contributed by atoms with Crippen molar-refractivity contribution < 1.29 is 34.9 Å². The van der Waals surface area contributed by atoms with E-state index in [9.17, 15) is 30.7 Å². The lowest BCUT2D eigenvalue weighted by atomic mass is 10.0. The number of aryl methyl sites for hydroxylation is 2. The summed E-state index contributed by atoms with van der Waals surface area (Å²) in [6.45, 7) is 3.61. The van der Waals surface area contributed by atoms with Gasteiger partial charge in [0.25, 0.3) is 20.1 Å². The number of nitrogens with zero attached hydrogens (tertiary/aromatic N) is 6. The lowest BCUT2D eigenvalue weighted by molar-refractivity contribution is 0.472. The maximum absolute atomic E-state index is 13.6. The van der Waals surface area contributed by atoms with Gasteiger partial charge in [0.05, 0.1) is 38.7 Å². The molecule has 0 saturated heterocycles. The minimum atomic E-state index is -4.96. The zero-order valence-electron chi connectivity index (χ0n) is 32.5. The van der Waals surface area contributed by atoms with Crippen LogP contribution in [0.4, 0.5) is 39.8 Å². The van der Waals surface area contributed by atoms with Crippen molar-refractivity contribution in [3.63, 3.8) is 0 Å². The Morgan fingerprint density at radius 3 is 1.95 bits per heavy atom.